The lowest BCUT2D eigenvalue weighted by atomic mass is 10.0. The summed E-state index contributed by atoms with van der Waals surface area (Å²) in [5.74, 6) is 0.0885. The van der Waals surface area contributed by atoms with Gasteiger partial charge in [0.05, 0.1) is 23.4 Å². The molecule has 4 rings (SSSR count). The van der Waals surface area contributed by atoms with Gasteiger partial charge in [-0.3, -0.25) is 14.8 Å². The molecular weight excluding hydrogens is 347 g/mol. The highest BCUT2D eigenvalue weighted by Crippen LogP contribution is 2.36. The maximum atomic E-state index is 13.1. The lowest BCUT2D eigenvalue weighted by molar-refractivity contribution is -0.137. The number of amides is 1. The molecular formula is C17H12F3N5O. The third-order valence-corrected chi connectivity index (χ3v) is 4.17. The molecule has 0 spiro atoms. The average Bonchev–Trinajstić information content (AvgIpc) is 3.09. The number of alkyl halides is 3. The van der Waals surface area contributed by atoms with E-state index in [0.717, 1.165) is 12.1 Å². The summed E-state index contributed by atoms with van der Waals surface area (Å²) < 4.78 is 39.2. The number of carbonyl (C=O) groups is 1. The molecule has 3 heterocycles. The summed E-state index contributed by atoms with van der Waals surface area (Å²) in [6, 6.07) is 6.40. The molecule has 1 aromatic heterocycles. The fourth-order valence-electron chi connectivity index (χ4n) is 3.01. The maximum Gasteiger partial charge on any atom is 0.416 e. The van der Waals surface area contributed by atoms with Gasteiger partial charge in [0.2, 0.25) is 0 Å². The summed E-state index contributed by atoms with van der Waals surface area (Å²) in [5.41, 5.74) is 5.61. The summed E-state index contributed by atoms with van der Waals surface area (Å²) in [4.78, 5) is 26.4. The summed E-state index contributed by atoms with van der Waals surface area (Å²) in [6.07, 6.45) is -3.01. The molecule has 0 aliphatic carbocycles. The second-order valence-corrected chi connectivity index (χ2v) is 5.79. The molecule has 1 amide bonds. The molecule has 0 fully saturated rings. The van der Waals surface area contributed by atoms with E-state index in [4.69, 9.17) is 5.73 Å². The molecule has 9 heteroatoms. The molecule has 0 saturated carbocycles. The molecule has 2 N–H and O–H groups in total. The first-order valence-corrected chi connectivity index (χ1v) is 7.74. The van der Waals surface area contributed by atoms with Crippen LogP contribution in [0.15, 0.2) is 46.5 Å². The van der Waals surface area contributed by atoms with Crippen molar-refractivity contribution in [3.63, 3.8) is 0 Å². The van der Waals surface area contributed by atoms with E-state index in [2.05, 4.69) is 15.0 Å². The van der Waals surface area contributed by atoms with Crippen LogP contribution in [0, 0.1) is 0 Å². The molecule has 132 valence electrons. The average molecular weight is 359 g/mol. The van der Waals surface area contributed by atoms with Crippen molar-refractivity contribution in [3.05, 3.63) is 58.9 Å². The summed E-state index contributed by atoms with van der Waals surface area (Å²) >= 11 is 0. The first kappa shape index (κ1) is 16.2. The van der Waals surface area contributed by atoms with Gasteiger partial charge in [0.15, 0.2) is 5.84 Å². The van der Waals surface area contributed by atoms with Crippen LogP contribution in [-0.4, -0.2) is 40.6 Å². The predicted octanol–water partition coefficient (Wildman–Crippen LogP) is 2.35. The molecule has 6 nitrogen and oxygen atoms in total. The number of primary amides is 1. The standard InChI is InChI=1S/C17H12F3N5O/c18-17(19,20)9-3-4-10-12(8-9)24-16(25-7-6-23-15(10)25)13-11(14(21)26)2-1-5-22-13/h1-5,8H,6-7H2,(H2,21,26). The van der Waals surface area contributed by atoms with Gasteiger partial charge in [-0.2, -0.15) is 13.2 Å². The first-order valence-electron chi connectivity index (χ1n) is 7.74. The number of fused-ring (bicyclic) bond motifs is 3. The highest BCUT2D eigenvalue weighted by molar-refractivity contribution is 6.22. The lowest BCUT2D eigenvalue weighted by Crippen LogP contribution is -2.39. The molecule has 0 saturated heterocycles. The minimum absolute atomic E-state index is 0.132. The van der Waals surface area contributed by atoms with E-state index in [0.29, 0.717) is 24.5 Å². The number of rotatable bonds is 2. The van der Waals surface area contributed by atoms with Crippen LogP contribution in [0.5, 0.6) is 0 Å². The van der Waals surface area contributed by atoms with Gasteiger partial charge in [0, 0.05) is 18.3 Å². The van der Waals surface area contributed by atoms with Crippen LogP contribution in [0.1, 0.15) is 27.2 Å². The quantitative estimate of drug-likeness (QED) is 0.893. The number of aromatic nitrogens is 1. The van der Waals surface area contributed by atoms with E-state index in [1.54, 1.807) is 11.0 Å². The number of carbonyl (C=O) groups excluding carboxylic acids is 1. The molecule has 26 heavy (non-hydrogen) atoms. The van der Waals surface area contributed by atoms with E-state index in [-0.39, 0.29) is 22.8 Å². The van der Waals surface area contributed by atoms with Crippen molar-refractivity contribution in [1.82, 2.24) is 9.88 Å². The smallest absolute Gasteiger partial charge is 0.366 e. The van der Waals surface area contributed by atoms with Crippen LogP contribution in [-0.2, 0) is 6.18 Å². The van der Waals surface area contributed by atoms with Crippen molar-refractivity contribution < 1.29 is 18.0 Å². The number of aliphatic imine (C=N–C) groups is 2. The molecule has 2 aliphatic rings. The van der Waals surface area contributed by atoms with Crippen molar-refractivity contribution in [2.24, 2.45) is 15.7 Å². The Morgan fingerprint density at radius 1 is 1.19 bits per heavy atom. The molecule has 0 unspecified atom stereocenters. The molecule has 0 atom stereocenters. The van der Waals surface area contributed by atoms with Crippen LogP contribution in [0.2, 0.25) is 0 Å². The Balaban J connectivity index is 1.93. The lowest BCUT2D eigenvalue weighted by Gasteiger charge is -2.28. The Morgan fingerprint density at radius 2 is 2.00 bits per heavy atom. The van der Waals surface area contributed by atoms with E-state index in [1.165, 1.54) is 18.3 Å². The number of pyridine rings is 1. The third kappa shape index (κ3) is 2.52. The fourth-order valence-corrected chi connectivity index (χ4v) is 3.01. The van der Waals surface area contributed by atoms with E-state index >= 15 is 0 Å². The van der Waals surface area contributed by atoms with Crippen molar-refractivity contribution in [3.8, 4) is 0 Å². The van der Waals surface area contributed by atoms with E-state index in [1.807, 2.05) is 0 Å². The fraction of sp³-hybridized carbons (Fsp3) is 0.176. The number of amidine groups is 2. The second kappa shape index (κ2) is 5.65. The van der Waals surface area contributed by atoms with Crippen LogP contribution in [0.25, 0.3) is 0 Å². The Hall–Kier alpha value is -3.23. The van der Waals surface area contributed by atoms with E-state index < -0.39 is 17.6 Å². The zero-order chi connectivity index (χ0) is 18.5. The van der Waals surface area contributed by atoms with Crippen molar-refractivity contribution >= 4 is 23.3 Å². The van der Waals surface area contributed by atoms with Gasteiger partial charge in [-0.05, 0) is 30.3 Å². The number of hydrogen-bond donors (Lipinski definition) is 1. The summed E-state index contributed by atoms with van der Waals surface area (Å²) in [6.45, 7) is 0.955. The molecule has 2 aromatic rings. The molecule has 1 aromatic carbocycles. The van der Waals surface area contributed by atoms with Gasteiger partial charge in [-0.15, -0.1) is 0 Å². The Bertz CT molecular complexity index is 981. The first-order chi connectivity index (χ1) is 12.4. The van der Waals surface area contributed by atoms with Crippen molar-refractivity contribution in [2.75, 3.05) is 13.1 Å². The van der Waals surface area contributed by atoms with Gasteiger partial charge in [-0.1, -0.05) is 0 Å². The highest BCUT2D eigenvalue weighted by atomic mass is 19.4. The maximum absolute atomic E-state index is 13.1. The zero-order valence-corrected chi connectivity index (χ0v) is 13.3. The van der Waals surface area contributed by atoms with Crippen LogP contribution in [0.3, 0.4) is 0 Å². The largest absolute Gasteiger partial charge is 0.416 e. The Morgan fingerprint density at radius 3 is 2.73 bits per heavy atom. The predicted molar refractivity (Wildman–Crippen MR) is 88.5 cm³/mol. The van der Waals surface area contributed by atoms with Crippen molar-refractivity contribution in [2.45, 2.75) is 6.18 Å². The topological polar surface area (TPSA) is 83.9 Å². The van der Waals surface area contributed by atoms with Gasteiger partial charge >= 0.3 is 6.18 Å². The van der Waals surface area contributed by atoms with Crippen LogP contribution < -0.4 is 5.73 Å². The van der Waals surface area contributed by atoms with Gasteiger partial charge in [0.25, 0.3) is 5.91 Å². The SMILES string of the molecule is NC(=O)c1cccnc1C1=Nc2cc(C(F)(F)F)ccc2C2=NCCN21. The number of nitrogens with two attached hydrogens (primary N) is 1. The van der Waals surface area contributed by atoms with Crippen molar-refractivity contribution in [1.29, 1.82) is 0 Å². The minimum atomic E-state index is -4.48. The molecule has 0 radical (unpaired) electrons. The number of hydrogen-bond acceptors (Lipinski definition) is 5. The van der Waals surface area contributed by atoms with Crippen LogP contribution in [0.4, 0.5) is 18.9 Å². The second-order valence-electron chi connectivity index (χ2n) is 5.79. The summed E-state index contributed by atoms with van der Waals surface area (Å²) in [5, 5.41) is 0. The summed E-state index contributed by atoms with van der Waals surface area (Å²) in [7, 11) is 0. The highest BCUT2D eigenvalue weighted by Gasteiger charge is 2.36. The zero-order valence-electron chi connectivity index (χ0n) is 13.3. The number of halogens is 3. The number of benzene rings is 1. The third-order valence-electron chi connectivity index (χ3n) is 4.17. The van der Waals surface area contributed by atoms with Gasteiger partial charge < -0.3 is 10.6 Å². The minimum Gasteiger partial charge on any atom is -0.366 e. The molecule has 2 aliphatic heterocycles. The normalized spacial score (nSPS) is 15.9. The Kier molecular flexibility index (Phi) is 3.53. The number of nitrogens with zero attached hydrogens (tertiary/aromatic N) is 4. The van der Waals surface area contributed by atoms with E-state index in [9.17, 15) is 18.0 Å². The molecule has 0 bridgehead atoms. The van der Waals surface area contributed by atoms with Gasteiger partial charge in [0.1, 0.15) is 11.5 Å². The van der Waals surface area contributed by atoms with Gasteiger partial charge in [-0.25, -0.2) is 4.99 Å². The van der Waals surface area contributed by atoms with Crippen LogP contribution >= 0.6 is 0 Å². The monoisotopic (exact) mass is 359 g/mol. The Labute approximate surface area is 145 Å².